The Morgan fingerprint density at radius 3 is 2.33 bits per heavy atom. The molecule has 0 saturated carbocycles. The molecule has 2 amide bonds. The Morgan fingerprint density at radius 2 is 1.65 bits per heavy atom. The summed E-state index contributed by atoms with van der Waals surface area (Å²) in [7, 11) is 0. The van der Waals surface area contributed by atoms with Gasteiger partial charge in [0.25, 0.3) is 11.8 Å². The minimum absolute atomic E-state index is 0.0149. The molecule has 3 heterocycles. The second-order valence-corrected chi connectivity index (χ2v) is 9.63. The van der Waals surface area contributed by atoms with Crippen molar-refractivity contribution in [3.63, 3.8) is 0 Å². The molecule has 4 aromatic rings. The third kappa shape index (κ3) is 4.32. The summed E-state index contributed by atoms with van der Waals surface area (Å²) in [6.45, 7) is -0.267. The zero-order chi connectivity index (χ0) is 28.0. The van der Waals surface area contributed by atoms with Gasteiger partial charge in [-0.25, -0.2) is 8.78 Å². The van der Waals surface area contributed by atoms with Gasteiger partial charge in [-0.1, -0.05) is 66.7 Å². The van der Waals surface area contributed by atoms with E-state index in [2.05, 4.69) is 5.32 Å². The lowest BCUT2D eigenvalue weighted by atomic mass is 9.94. The Kier molecular flexibility index (Phi) is 6.39. The number of ether oxygens (including phenoxy) is 1. The molecule has 1 fully saturated rings. The van der Waals surface area contributed by atoms with E-state index < -0.39 is 58.6 Å². The van der Waals surface area contributed by atoms with Gasteiger partial charge in [0.05, 0.1) is 12.6 Å². The van der Waals surface area contributed by atoms with Gasteiger partial charge in [-0.05, 0) is 17.2 Å². The third-order valence-corrected chi connectivity index (χ3v) is 7.21. The molecule has 8 nitrogen and oxygen atoms in total. The van der Waals surface area contributed by atoms with Crippen LogP contribution < -0.4 is 10.7 Å². The van der Waals surface area contributed by atoms with Crippen molar-refractivity contribution < 1.29 is 28.2 Å². The first-order valence-electron chi connectivity index (χ1n) is 12.6. The number of rotatable bonds is 5. The minimum Gasteiger partial charge on any atom is -0.503 e. The lowest BCUT2D eigenvalue weighted by Crippen LogP contribution is -2.47. The number of nitrogens with zero attached hydrogens (tertiary/aromatic N) is 2. The van der Waals surface area contributed by atoms with Crippen LogP contribution in [0.1, 0.15) is 49.7 Å². The molecule has 1 aromatic heterocycles. The average Bonchev–Trinajstić information content (AvgIpc) is 3.35. The summed E-state index contributed by atoms with van der Waals surface area (Å²) in [4.78, 5) is 41.3. The molecule has 0 spiro atoms. The number of benzene rings is 3. The number of aromatic nitrogens is 1. The second kappa shape index (κ2) is 10.0. The van der Waals surface area contributed by atoms with E-state index in [-0.39, 0.29) is 24.3 Å². The van der Waals surface area contributed by atoms with Crippen molar-refractivity contribution in [1.29, 1.82) is 0 Å². The summed E-state index contributed by atoms with van der Waals surface area (Å²) in [5.41, 5.74) is -0.0176. The number of halogens is 2. The van der Waals surface area contributed by atoms with Crippen molar-refractivity contribution in [2.45, 2.75) is 31.5 Å². The maximum absolute atomic E-state index is 14.0. The van der Waals surface area contributed by atoms with E-state index in [4.69, 9.17) is 4.74 Å². The molecule has 3 atom stereocenters. The van der Waals surface area contributed by atoms with Crippen molar-refractivity contribution in [2.75, 3.05) is 0 Å². The zero-order valence-electron chi connectivity index (χ0n) is 21.0. The van der Waals surface area contributed by atoms with Crippen LogP contribution in [0.15, 0.2) is 89.9 Å². The number of carbonyl (C=O) groups excluding carboxylic acids is 2. The number of aromatic hydroxyl groups is 1. The molecule has 40 heavy (non-hydrogen) atoms. The second-order valence-electron chi connectivity index (χ2n) is 9.63. The van der Waals surface area contributed by atoms with Crippen LogP contribution in [0.2, 0.25) is 0 Å². The van der Waals surface area contributed by atoms with Gasteiger partial charge in [0.1, 0.15) is 23.3 Å². The first-order valence-corrected chi connectivity index (χ1v) is 12.6. The van der Waals surface area contributed by atoms with Crippen LogP contribution in [0.25, 0.3) is 0 Å². The fraction of sp³-hybridized carbons (Fsp3) is 0.167. The number of fused-ring (bicyclic) bond motifs is 2. The van der Waals surface area contributed by atoms with Crippen LogP contribution in [0.5, 0.6) is 5.75 Å². The Bertz CT molecular complexity index is 1680. The van der Waals surface area contributed by atoms with E-state index in [1.807, 2.05) is 60.7 Å². The third-order valence-electron chi connectivity index (χ3n) is 7.21. The Morgan fingerprint density at radius 1 is 0.975 bits per heavy atom. The van der Waals surface area contributed by atoms with Gasteiger partial charge < -0.3 is 19.7 Å². The number of carbonyl (C=O) groups is 2. The lowest BCUT2D eigenvalue weighted by molar-refractivity contribution is -0.0154. The molecular weight excluding hydrogens is 520 g/mol. The monoisotopic (exact) mass is 543 g/mol. The topological polar surface area (TPSA) is 101 Å². The molecule has 2 N–H and O–H groups in total. The van der Waals surface area contributed by atoms with Gasteiger partial charge in [0.2, 0.25) is 5.43 Å². The van der Waals surface area contributed by atoms with Crippen LogP contribution in [0.3, 0.4) is 0 Å². The predicted octanol–water partition coefficient (Wildman–Crippen LogP) is 4.06. The molecule has 202 valence electrons. The van der Waals surface area contributed by atoms with Gasteiger partial charge in [0.15, 0.2) is 17.7 Å². The standard InChI is InChI=1S/C30H23F2N3O5/c31-20-12-11-19(22(32)13-20)14-33-29(38)21-15-34-16-23-35(30(39)25(34)27(37)26(21)36)24(17-7-3-1-4-8-17)28(40-23)18-9-5-2-6-10-18/h1-13,15,23-24,28,37H,14,16H2,(H,33,38)/t23-,24+,28-/m0/s1. The van der Waals surface area contributed by atoms with Gasteiger partial charge in [-0.2, -0.15) is 0 Å². The smallest absolute Gasteiger partial charge is 0.277 e. The molecular formula is C30H23F2N3O5. The van der Waals surface area contributed by atoms with E-state index in [1.54, 1.807) is 0 Å². The van der Waals surface area contributed by atoms with Crippen molar-refractivity contribution >= 4 is 11.8 Å². The summed E-state index contributed by atoms with van der Waals surface area (Å²) in [5.74, 6) is -3.97. The van der Waals surface area contributed by atoms with Gasteiger partial charge in [-0.3, -0.25) is 19.3 Å². The molecule has 1 saturated heterocycles. The molecule has 6 rings (SSSR count). The van der Waals surface area contributed by atoms with Crippen molar-refractivity contribution in [3.05, 3.63) is 135 Å². The molecule has 0 unspecified atom stereocenters. The quantitative estimate of drug-likeness (QED) is 0.396. The Labute approximate surface area is 227 Å². The zero-order valence-corrected chi connectivity index (χ0v) is 21.0. The number of hydrogen-bond acceptors (Lipinski definition) is 5. The fourth-order valence-corrected chi connectivity index (χ4v) is 5.32. The first kappa shape index (κ1) is 25.4. The molecule has 0 bridgehead atoms. The van der Waals surface area contributed by atoms with Gasteiger partial charge in [0, 0.05) is 24.4 Å². The summed E-state index contributed by atoms with van der Waals surface area (Å²) in [5, 5.41) is 13.3. The summed E-state index contributed by atoms with van der Waals surface area (Å²) >= 11 is 0. The van der Waals surface area contributed by atoms with E-state index in [1.165, 1.54) is 21.7 Å². The van der Waals surface area contributed by atoms with E-state index in [9.17, 15) is 28.3 Å². The van der Waals surface area contributed by atoms with Crippen LogP contribution >= 0.6 is 0 Å². The highest BCUT2D eigenvalue weighted by molar-refractivity contribution is 5.99. The fourth-order valence-electron chi connectivity index (χ4n) is 5.32. The molecule has 0 radical (unpaired) electrons. The minimum atomic E-state index is -1.04. The summed E-state index contributed by atoms with van der Waals surface area (Å²) in [6.07, 6.45) is -0.0732. The highest BCUT2D eigenvalue weighted by Crippen LogP contribution is 2.47. The Balaban J connectivity index is 1.34. The van der Waals surface area contributed by atoms with Crippen LogP contribution in [-0.4, -0.2) is 32.6 Å². The highest BCUT2D eigenvalue weighted by atomic mass is 19.1. The van der Waals surface area contributed by atoms with Gasteiger partial charge in [-0.15, -0.1) is 0 Å². The number of amides is 2. The molecule has 2 aliphatic rings. The summed E-state index contributed by atoms with van der Waals surface area (Å²) < 4.78 is 34.9. The molecule has 2 aliphatic heterocycles. The SMILES string of the molecule is O=C(NCc1ccc(F)cc1F)c1cn2c(c(O)c1=O)C(=O)N1[C@H](C2)O[C@@H](c2ccccc2)[C@H]1c1ccccc1. The predicted molar refractivity (Wildman–Crippen MR) is 139 cm³/mol. The molecule has 0 aliphatic carbocycles. The normalized spacial score (nSPS) is 19.7. The first-order chi connectivity index (χ1) is 19.3. The largest absolute Gasteiger partial charge is 0.503 e. The van der Waals surface area contributed by atoms with Crippen molar-refractivity contribution in [3.8, 4) is 5.75 Å². The van der Waals surface area contributed by atoms with Crippen LogP contribution in [0, 0.1) is 11.6 Å². The summed E-state index contributed by atoms with van der Waals surface area (Å²) in [6, 6.07) is 21.2. The number of pyridine rings is 1. The van der Waals surface area contributed by atoms with E-state index in [0.29, 0.717) is 6.07 Å². The highest BCUT2D eigenvalue weighted by Gasteiger charge is 2.50. The van der Waals surface area contributed by atoms with Crippen molar-refractivity contribution in [2.24, 2.45) is 0 Å². The lowest BCUT2D eigenvalue weighted by Gasteiger charge is -2.35. The van der Waals surface area contributed by atoms with Gasteiger partial charge >= 0.3 is 0 Å². The molecule has 10 heteroatoms. The Hall–Kier alpha value is -4.83. The number of hydrogen-bond donors (Lipinski definition) is 2. The maximum atomic E-state index is 14.0. The average molecular weight is 544 g/mol. The van der Waals surface area contributed by atoms with E-state index in [0.717, 1.165) is 17.2 Å². The van der Waals surface area contributed by atoms with Crippen LogP contribution in [0.4, 0.5) is 8.78 Å². The van der Waals surface area contributed by atoms with Crippen LogP contribution in [-0.2, 0) is 17.8 Å². The van der Waals surface area contributed by atoms with Crippen molar-refractivity contribution in [1.82, 2.24) is 14.8 Å². The number of nitrogens with one attached hydrogen (secondary N) is 1. The van der Waals surface area contributed by atoms with E-state index >= 15 is 0 Å². The maximum Gasteiger partial charge on any atom is 0.277 e. The molecule has 3 aromatic carbocycles.